The molecule has 0 fully saturated rings. The quantitative estimate of drug-likeness (QED) is 0.788. The van der Waals surface area contributed by atoms with E-state index in [1.165, 1.54) is 0 Å². The third kappa shape index (κ3) is 3.87. The van der Waals surface area contributed by atoms with Crippen molar-refractivity contribution in [1.82, 2.24) is 0 Å². The van der Waals surface area contributed by atoms with Crippen LogP contribution >= 0.6 is 0 Å². The van der Waals surface area contributed by atoms with Crippen molar-refractivity contribution in [3.05, 3.63) is 24.3 Å². The fourth-order valence-electron chi connectivity index (χ4n) is 1.53. The zero-order valence-corrected chi connectivity index (χ0v) is 11.0. The number of ketones is 1. The number of rotatable bonds is 6. The molecule has 0 bridgehead atoms. The first-order valence-corrected chi connectivity index (χ1v) is 6.06. The van der Waals surface area contributed by atoms with Crippen molar-refractivity contribution in [2.45, 2.75) is 26.7 Å². The molecule has 1 aromatic carbocycles. The van der Waals surface area contributed by atoms with Crippen LogP contribution < -0.4 is 10.1 Å². The summed E-state index contributed by atoms with van der Waals surface area (Å²) in [6.45, 7) is 3.56. The van der Waals surface area contributed by atoms with Crippen LogP contribution in [-0.2, 0) is 9.59 Å². The van der Waals surface area contributed by atoms with Crippen molar-refractivity contribution >= 4 is 17.4 Å². The van der Waals surface area contributed by atoms with Gasteiger partial charge in [-0.05, 0) is 37.6 Å². The van der Waals surface area contributed by atoms with Gasteiger partial charge in [-0.3, -0.25) is 9.59 Å². The lowest BCUT2D eigenvalue weighted by Crippen LogP contribution is -2.27. The number of ether oxygens (including phenoxy) is 1. The second-order valence-corrected chi connectivity index (χ2v) is 4.16. The second kappa shape index (κ2) is 6.79. The summed E-state index contributed by atoms with van der Waals surface area (Å²) >= 11 is 0. The van der Waals surface area contributed by atoms with E-state index in [2.05, 4.69) is 5.32 Å². The Morgan fingerprint density at radius 1 is 1.28 bits per heavy atom. The summed E-state index contributed by atoms with van der Waals surface area (Å²) in [5, 5.41) is 2.72. The molecule has 0 saturated heterocycles. The van der Waals surface area contributed by atoms with E-state index in [0.29, 0.717) is 12.1 Å². The summed E-state index contributed by atoms with van der Waals surface area (Å²) in [6, 6.07) is 7.00. The molecule has 1 amide bonds. The van der Waals surface area contributed by atoms with Crippen molar-refractivity contribution in [3.63, 3.8) is 0 Å². The SMILES string of the molecule is CCCC(=O)C(C)C(=O)Nc1ccc(OC)cc1. The molecule has 0 aromatic heterocycles. The van der Waals surface area contributed by atoms with E-state index in [1.54, 1.807) is 38.3 Å². The van der Waals surface area contributed by atoms with Gasteiger partial charge in [-0.25, -0.2) is 0 Å². The van der Waals surface area contributed by atoms with Crippen molar-refractivity contribution in [2.75, 3.05) is 12.4 Å². The van der Waals surface area contributed by atoms with Crippen molar-refractivity contribution in [3.8, 4) is 5.75 Å². The molecule has 0 aliphatic rings. The Kier molecular flexibility index (Phi) is 5.36. The summed E-state index contributed by atoms with van der Waals surface area (Å²) < 4.78 is 5.02. The Hall–Kier alpha value is -1.84. The number of hydrogen-bond acceptors (Lipinski definition) is 3. The average Bonchev–Trinajstić information content (AvgIpc) is 2.39. The minimum Gasteiger partial charge on any atom is -0.497 e. The van der Waals surface area contributed by atoms with Crippen LogP contribution in [0.1, 0.15) is 26.7 Å². The molecule has 18 heavy (non-hydrogen) atoms. The zero-order chi connectivity index (χ0) is 13.5. The maximum absolute atomic E-state index is 11.8. The molecular formula is C14H19NO3. The fourth-order valence-corrected chi connectivity index (χ4v) is 1.53. The molecule has 0 aliphatic carbocycles. The summed E-state index contributed by atoms with van der Waals surface area (Å²) in [6.07, 6.45) is 1.20. The Bertz CT molecular complexity index is 412. The Morgan fingerprint density at radius 2 is 1.89 bits per heavy atom. The molecule has 0 aliphatic heterocycles. The number of hydrogen-bond donors (Lipinski definition) is 1. The van der Waals surface area contributed by atoms with Gasteiger partial charge < -0.3 is 10.1 Å². The van der Waals surface area contributed by atoms with Gasteiger partial charge in [0.25, 0.3) is 0 Å². The highest BCUT2D eigenvalue weighted by atomic mass is 16.5. The molecule has 1 atom stereocenters. The minimum absolute atomic E-state index is 0.0245. The number of benzene rings is 1. The third-order valence-corrected chi connectivity index (χ3v) is 2.73. The van der Waals surface area contributed by atoms with Gasteiger partial charge in [-0.2, -0.15) is 0 Å². The first-order valence-electron chi connectivity index (χ1n) is 6.06. The Labute approximate surface area is 107 Å². The highest BCUT2D eigenvalue weighted by Crippen LogP contribution is 2.16. The summed E-state index contributed by atoms with van der Waals surface area (Å²) in [5.74, 6) is -0.169. The molecule has 0 heterocycles. The molecule has 0 saturated carbocycles. The summed E-state index contributed by atoms with van der Waals surface area (Å²) in [4.78, 5) is 23.4. The van der Waals surface area contributed by atoms with E-state index in [1.807, 2.05) is 6.92 Å². The van der Waals surface area contributed by atoms with Crippen LogP contribution in [0.5, 0.6) is 5.75 Å². The lowest BCUT2D eigenvalue weighted by molar-refractivity contribution is -0.130. The predicted molar refractivity (Wildman–Crippen MR) is 70.7 cm³/mol. The Balaban J connectivity index is 2.60. The number of carbonyl (C=O) groups excluding carboxylic acids is 2. The minimum atomic E-state index is -0.605. The molecule has 98 valence electrons. The van der Waals surface area contributed by atoms with Crippen LogP contribution in [0.3, 0.4) is 0 Å². The van der Waals surface area contributed by atoms with E-state index in [0.717, 1.165) is 12.2 Å². The number of carbonyl (C=O) groups is 2. The van der Waals surface area contributed by atoms with Gasteiger partial charge in [0.15, 0.2) is 0 Å². The molecule has 4 nitrogen and oxygen atoms in total. The first kappa shape index (κ1) is 14.2. The molecule has 1 N–H and O–H groups in total. The van der Waals surface area contributed by atoms with Gasteiger partial charge in [-0.1, -0.05) is 6.92 Å². The predicted octanol–water partition coefficient (Wildman–Crippen LogP) is 2.64. The standard InChI is InChI=1S/C14H19NO3/c1-4-5-13(16)10(2)14(17)15-11-6-8-12(18-3)9-7-11/h6-10H,4-5H2,1-3H3,(H,15,17). The molecule has 0 radical (unpaired) electrons. The topological polar surface area (TPSA) is 55.4 Å². The van der Waals surface area contributed by atoms with E-state index >= 15 is 0 Å². The highest BCUT2D eigenvalue weighted by Gasteiger charge is 2.20. The zero-order valence-electron chi connectivity index (χ0n) is 11.0. The normalized spacial score (nSPS) is 11.7. The van der Waals surface area contributed by atoms with Crippen molar-refractivity contribution < 1.29 is 14.3 Å². The van der Waals surface area contributed by atoms with E-state index in [-0.39, 0.29) is 11.7 Å². The van der Waals surface area contributed by atoms with Crippen LogP contribution in [0.15, 0.2) is 24.3 Å². The van der Waals surface area contributed by atoms with Gasteiger partial charge in [-0.15, -0.1) is 0 Å². The third-order valence-electron chi connectivity index (χ3n) is 2.73. The van der Waals surface area contributed by atoms with E-state index in [4.69, 9.17) is 4.74 Å². The maximum Gasteiger partial charge on any atom is 0.234 e. The molecule has 1 aromatic rings. The van der Waals surface area contributed by atoms with Crippen molar-refractivity contribution in [1.29, 1.82) is 0 Å². The van der Waals surface area contributed by atoms with Gasteiger partial charge in [0.1, 0.15) is 11.5 Å². The Morgan fingerprint density at radius 3 is 2.39 bits per heavy atom. The lowest BCUT2D eigenvalue weighted by Gasteiger charge is -2.11. The number of anilines is 1. The number of methoxy groups -OCH3 is 1. The van der Waals surface area contributed by atoms with Gasteiger partial charge >= 0.3 is 0 Å². The largest absolute Gasteiger partial charge is 0.497 e. The molecule has 0 spiro atoms. The first-order chi connectivity index (χ1) is 8.58. The van der Waals surface area contributed by atoms with E-state index in [9.17, 15) is 9.59 Å². The number of nitrogens with one attached hydrogen (secondary N) is 1. The summed E-state index contributed by atoms with van der Waals surface area (Å²) in [5.41, 5.74) is 0.664. The smallest absolute Gasteiger partial charge is 0.234 e. The van der Waals surface area contributed by atoms with Crippen molar-refractivity contribution in [2.24, 2.45) is 5.92 Å². The molecule has 1 rings (SSSR count). The van der Waals surface area contributed by atoms with Gasteiger partial charge in [0, 0.05) is 12.1 Å². The lowest BCUT2D eigenvalue weighted by atomic mass is 10.0. The highest BCUT2D eigenvalue weighted by molar-refractivity contribution is 6.06. The molecule has 1 unspecified atom stereocenters. The van der Waals surface area contributed by atoms with Crippen LogP contribution in [0.25, 0.3) is 0 Å². The molecular weight excluding hydrogens is 230 g/mol. The van der Waals surface area contributed by atoms with Crippen LogP contribution in [-0.4, -0.2) is 18.8 Å². The average molecular weight is 249 g/mol. The maximum atomic E-state index is 11.8. The van der Waals surface area contributed by atoms with Crippen LogP contribution in [0.4, 0.5) is 5.69 Å². The number of amides is 1. The second-order valence-electron chi connectivity index (χ2n) is 4.16. The monoisotopic (exact) mass is 249 g/mol. The molecule has 4 heteroatoms. The van der Waals surface area contributed by atoms with E-state index < -0.39 is 5.92 Å². The van der Waals surface area contributed by atoms with Crippen LogP contribution in [0, 0.1) is 5.92 Å². The summed E-state index contributed by atoms with van der Waals surface area (Å²) in [7, 11) is 1.58. The fraction of sp³-hybridized carbons (Fsp3) is 0.429. The van der Waals surface area contributed by atoms with Gasteiger partial charge in [0.2, 0.25) is 5.91 Å². The number of Topliss-reactive ketones (excluding diaryl/α,β-unsaturated/α-hetero) is 1. The van der Waals surface area contributed by atoms with Gasteiger partial charge in [0.05, 0.1) is 13.0 Å². The van der Waals surface area contributed by atoms with Crippen LogP contribution in [0.2, 0.25) is 0 Å².